The number of carbonyl (C=O) groups is 2. The predicted molar refractivity (Wildman–Crippen MR) is 152 cm³/mol. The number of aliphatic hydroxyl groups excluding tert-OH is 1. The number of Topliss-reactive ketones (excluding diaryl/α,β-unsaturated/α-hetero) is 1. The zero-order chi connectivity index (χ0) is 27.9. The first-order valence-electron chi connectivity index (χ1n) is 12.9. The van der Waals surface area contributed by atoms with E-state index in [1.54, 1.807) is 29.2 Å². The summed E-state index contributed by atoms with van der Waals surface area (Å²) in [7, 11) is 3.92. The van der Waals surface area contributed by atoms with Crippen LogP contribution in [0.2, 0.25) is 0 Å². The van der Waals surface area contributed by atoms with E-state index >= 15 is 0 Å². The van der Waals surface area contributed by atoms with E-state index in [9.17, 15) is 14.7 Å². The number of para-hydroxylation sites is 1. The fraction of sp³-hybridized carbons (Fsp3) is 0.250. The molecule has 1 amide bonds. The van der Waals surface area contributed by atoms with Gasteiger partial charge in [0.1, 0.15) is 29.6 Å². The highest BCUT2D eigenvalue weighted by atomic mass is 16.5. The Morgan fingerprint density at radius 3 is 2.44 bits per heavy atom. The lowest BCUT2D eigenvalue weighted by atomic mass is 9.93. The molecule has 0 aromatic heterocycles. The number of aryl methyl sites for hydroxylation is 1. The maximum absolute atomic E-state index is 13.4. The Labute approximate surface area is 229 Å². The van der Waals surface area contributed by atoms with Crippen LogP contribution in [0.1, 0.15) is 29.2 Å². The lowest BCUT2D eigenvalue weighted by molar-refractivity contribution is -0.139. The van der Waals surface area contributed by atoms with Crippen LogP contribution in [-0.4, -0.2) is 60.4 Å². The van der Waals surface area contributed by atoms with E-state index < -0.39 is 17.7 Å². The van der Waals surface area contributed by atoms with Crippen molar-refractivity contribution in [2.45, 2.75) is 19.4 Å². The third-order valence-corrected chi connectivity index (χ3v) is 6.52. The Balaban J connectivity index is 1.77. The monoisotopic (exact) mass is 526 g/mol. The SMILES string of the molecule is C=CCOc1ccc(/C(O)=C2\C(=O)C(=O)N(CCCN(C)C)C2c2cccc(Oc3ccccc3)c2)c(C)c1. The molecule has 0 spiro atoms. The van der Waals surface area contributed by atoms with Crippen molar-refractivity contribution >= 4 is 17.4 Å². The summed E-state index contributed by atoms with van der Waals surface area (Å²) in [6, 6.07) is 21.1. The minimum absolute atomic E-state index is 0.0598. The fourth-order valence-corrected chi connectivity index (χ4v) is 4.68. The number of amides is 1. The topological polar surface area (TPSA) is 79.3 Å². The number of hydrogen-bond acceptors (Lipinski definition) is 6. The summed E-state index contributed by atoms with van der Waals surface area (Å²) in [4.78, 5) is 30.3. The van der Waals surface area contributed by atoms with Gasteiger partial charge in [0.2, 0.25) is 0 Å². The van der Waals surface area contributed by atoms with Crippen LogP contribution in [0.25, 0.3) is 5.76 Å². The van der Waals surface area contributed by atoms with Crippen molar-refractivity contribution in [3.63, 3.8) is 0 Å². The van der Waals surface area contributed by atoms with Gasteiger partial charge in [-0.25, -0.2) is 0 Å². The van der Waals surface area contributed by atoms with Crippen molar-refractivity contribution < 1.29 is 24.2 Å². The van der Waals surface area contributed by atoms with E-state index in [1.807, 2.05) is 80.5 Å². The van der Waals surface area contributed by atoms with Crippen molar-refractivity contribution in [2.24, 2.45) is 0 Å². The minimum atomic E-state index is -0.762. The van der Waals surface area contributed by atoms with Crippen molar-refractivity contribution in [2.75, 3.05) is 33.8 Å². The van der Waals surface area contributed by atoms with Crippen LogP contribution in [0.4, 0.5) is 0 Å². The molecule has 1 unspecified atom stereocenters. The van der Waals surface area contributed by atoms with Gasteiger partial charge in [-0.15, -0.1) is 0 Å². The number of rotatable bonds is 11. The van der Waals surface area contributed by atoms with Gasteiger partial charge in [-0.1, -0.05) is 43.0 Å². The van der Waals surface area contributed by atoms with E-state index in [0.29, 0.717) is 53.5 Å². The molecule has 0 aliphatic carbocycles. The largest absolute Gasteiger partial charge is 0.507 e. The lowest BCUT2D eigenvalue weighted by Crippen LogP contribution is -2.32. The molecule has 39 heavy (non-hydrogen) atoms. The van der Waals surface area contributed by atoms with Gasteiger partial charge in [-0.3, -0.25) is 9.59 Å². The molecule has 1 saturated heterocycles. The van der Waals surface area contributed by atoms with Gasteiger partial charge in [-0.05, 0) is 87.6 Å². The molecule has 202 valence electrons. The van der Waals surface area contributed by atoms with Gasteiger partial charge in [0, 0.05) is 12.1 Å². The summed E-state index contributed by atoms with van der Waals surface area (Å²) in [5, 5.41) is 11.5. The summed E-state index contributed by atoms with van der Waals surface area (Å²) < 4.78 is 11.6. The Bertz CT molecular complexity index is 1380. The van der Waals surface area contributed by atoms with Gasteiger partial charge in [0.25, 0.3) is 11.7 Å². The minimum Gasteiger partial charge on any atom is -0.507 e. The summed E-state index contributed by atoms with van der Waals surface area (Å²) in [5.41, 5.74) is 1.92. The zero-order valence-corrected chi connectivity index (χ0v) is 22.6. The van der Waals surface area contributed by atoms with Gasteiger partial charge >= 0.3 is 0 Å². The average Bonchev–Trinajstić information content (AvgIpc) is 3.17. The van der Waals surface area contributed by atoms with Crippen molar-refractivity contribution in [1.82, 2.24) is 9.80 Å². The van der Waals surface area contributed by atoms with Crippen molar-refractivity contribution in [3.05, 3.63) is 108 Å². The fourth-order valence-electron chi connectivity index (χ4n) is 4.68. The Kier molecular flexibility index (Phi) is 8.84. The first kappa shape index (κ1) is 27.7. The van der Waals surface area contributed by atoms with Crippen LogP contribution in [0.15, 0.2) is 91.0 Å². The molecule has 0 bridgehead atoms. The number of likely N-dealkylation sites (tertiary alicyclic amines) is 1. The molecule has 3 aromatic rings. The van der Waals surface area contributed by atoms with Crippen molar-refractivity contribution in [1.29, 1.82) is 0 Å². The highest BCUT2D eigenvalue weighted by Crippen LogP contribution is 2.41. The molecule has 7 nitrogen and oxygen atoms in total. The maximum Gasteiger partial charge on any atom is 0.295 e. The van der Waals surface area contributed by atoms with Gasteiger partial charge in [0.15, 0.2) is 0 Å². The first-order chi connectivity index (χ1) is 18.8. The van der Waals surface area contributed by atoms with Crippen LogP contribution >= 0.6 is 0 Å². The standard InChI is InChI=1S/C32H34N2O5/c1-5-19-38-25-15-16-27(22(2)20-25)30(35)28-29(34(32(37)31(28)36)18-10-17-33(3)4)23-11-9-14-26(21-23)39-24-12-7-6-8-13-24/h5-9,11-16,20-21,29,35H,1,10,17-19H2,2-4H3/b30-28+. The number of aliphatic hydroxyl groups is 1. The van der Waals surface area contributed by atoms with Crippen LogP contribution < -0.4 is 9.47 Å². The van der Waals surface area contributed by atoms with E-state index in [4.69, 9.17) is 9.47 Å². The Hall–Kier alpha value is -4.36. The molecule has 1 heterocycles. The predicted octanol–water partition coefficient (Wildman–Crippen LogP) is 5.73. The maximum atomic E-state index is 13.4. The average molecular weight is 527 g/mol. The van der Waals surface area contributed by atoms with Crippen LogP contribution in [-0.2, 0) is 9.59 Å². The number of nitrogens with zero attached hydrogens (tertiary/aromatic N) is 2. The molecular weight excluding hydrogens is 492 g/mol. The summed E-state index contributed by atoms with van der Waals surface area (Å²) in [5.74, 6) is 0.314. The summed E-state index contributed by atoms with van der Waals surface area (Å²) in [6.07, 6.45) is 2.32. The summed E-state index contributed by atoms with van der Waals surface area (Å²) in [6.45, 7) is 6.95. The Morgan fingerprint density at radius 2 is 1.74 bits per heavy atom. The molecule has 4 rings (SSSR count). The van der Waals surface area contributed by atoms with Crippen LogP contribution in [0.3, 0.4) is 0 Å². The molecular formula is C32H34N2O5. The molecule has 1 fully saturated rings. The number of hydrogen-bond donors (Lipinski definition) is 1. The molecule has 1 N–H and O–H groups in total. The third kappa shape index (κ3) is 6.38. The number of ketones is 1. The highest BCUT2D eigenvalue weighted by Gasteiger charge is 2.46. The van der Waals surface area contributed by atoms with Gasteiger partial charge in [0.05, 0.1) is 11.6 Å². The zero-order valence-electron chi connectivity index (χ0n) is 22.6. The van der Waals surface area contributed by atoms with E-state index in [1.165, 1.54) is 0 Å². The van der Waals surface area contributed by atoms with E-state index in [2.05, 4.69) is 6.58 Å². The molecule has 7 heteroatoms. The third-order valence-electron chi connectivity index (χ3n) is 6.52. The van der Waals surface area contributed by atoms with Gasteiger partial charge < -0.3 is 24.4 Å². The smallest absolute Gasteiger partial charge is 0.295 e. The van der Waals surface area contributed by atoms with Crippen LogP contribution in [0.5, 0.6) is 17.2 Å². The van der Waals surface area contributed by atoms with Crippen LogP contribution in [0, 0.1) is 6.92 Å². The molecule has 3 aromatic carbocycles. The first-order valence-corrected chi connectivity index (χ1v) is 12.9. The molecule has 0 radical (unpaired) electrons. The second-order valence-corrected chi connectivity index (χ2v) is 9.71. The Morgan fingerprint density at radius 1 is 1.00 bits per heavy atom. The molecule has 1 atom stereocenters. The number of ether oxygens (including phenoxy) is 2. The lowest BCUT2D eigenvalue weighted by Gasteiger charge is -2.26. The number of benzene rings is 3. The molecule has 1 aliphatic heterocycles. The normalized spacial score (nSPS) is 16.5. The van der Waals surface area contributed by atoms with Crippen molar-refractivity contribution in [3.8, 4) is 17.2 Å². The van der Waals surface area contributed by atoms with E-state index in [0.717, 1.165) is 6.54 Å². The highest BCUT2D eigenvalue weighted by molar-refractivity contribution is 6.46. The second-order valence-electron chi connectivity index (χ2n) is 9.71. The quantitative estimate of drug-likeness (QED) is 0.149. The second kappa shape index (κ2) is 12.5. The van der Waals surface area contributed by atoms with Gasteiger partial charge in [-0.2, -0.15) is 0 Å². The number of carbonyl (C=O) groups excluding carboxylic acids is 2. The molecule has 0 saturated carbocycles. The van der Waals surface area contributed by atoms with E-state index in [-0.39, 0.29) is 11.3 Å². The summed E-state index contributed by atoms with van der Waals surface area (Å²) >= 11 is 0. The molecule has 1 aliphatic rings.